The molecule has 94 valence electrons. The number of ether oxygens (including phenoxy) is 1. The lowest BCUT2D eigenvalue weighted by Gasteiger charge is -2.09. The Morgan fingerprint density at radius 2 is 1.44 bits per heavy atom. The summed E-state index contributed by atoms with van der Waals surface area (Å²) in [6, 6.07) is 13.4. The number of aliphatic hydroxyl groups is 2. The first-order valence-corrected chi connectivity index (χ1v) is 5.76. The highest BCUT2D eigenvalue weighted by Gasteiger charge is 2.04. The van der Waals surface area contributed by atoms with E-state index in [4.69, 9.17) is 9.84 Å². The lowest BCUT2D eigenvalue weighted by atomic mass is 9.99. The third-order valence-corrected chi connectivity index (χ3v) is 2.97. The van der Waals surface area contributed by atoms with Gasteiger partial charge >= 0.3 is 0 Å². The van der Waals surface area contributed by atoms with E-state index >= 15 is 0 Å². The van der Waals surface area contributed by atoms with Crippen LogP contribution in [0.3, 0.4) is 0 Å². The summed E-state index contributed by atoms with van der Waals surface area (Å²) in [4.78, 5) is 0. The van der Waals surface area contributed by atoms with E-state index in [9.17, 15) is 5.11 Å². The van der Waals surface area contributed by atoms with Crippen LogP contribution >= 0.6 is 0 Å². The zero-order valence-corrected chi connectivity index (χ0v) is 10.3. The lowest BCUT2D eigenvalue weighted by molar-refractivity contribution is 0.260. The van der Waals surface area contributed by atoms with Gasteiger partial charge in [-0.15, -0.1) is 0 Å². The summed E-state index contributed by atoms with van der Waals surface area (Å²) in [6.07, 6.45) is 0. The number of hydrogen-bond acceptors (Lipinski definition) is 3. The molecule has 0 heterocycles. The summed E-state index contributed by atoms with van der Waals surface area (Å²) in [5.74, 6) is 0.813. The Morgan fingerprint density at radius 3 is 2.00 bits per heavy atom. The molecule has 0 fully saturated rings. The molecule has 2 aromatic carbocycles. The van der Waals surface area contributed by atoms with Gasteiger partial charge in [-0.05, 0) is 40.5 Å². The third kappa shape index (κ3) is 2.53. The maximum absolute atomic E-state index is 9.27. The fraction of sp³-hybridized carbons (Fsp3) is 0.200. The summed E-state index contributed by atoms with van der Waals surface area (Å²) in [5.41, 5.74) is 3.58. The van der Waals surface area contributed by atoms with Crippen LogP contribution in [-0.2, 0) is 13.2 Å². The van der Waals surface area contributed by atoms with E-state index in [1.54, 1.807) is 7.11 Å². The van der Waals surface area contributed by atoms with E-state index in [0.29, 0.717) is 0 Å². The molecule has 0 aliphatic rings. The van der Waals surface area contributed by atoms with E-state index in [2.05, 4.69) is 0 Å². The molecule has 3 nitrogen and oxygen atoms in total. The molecule has 2 aromatic rings. The first-order valence-electron chi connectivity index (χ1n) is 5.76. The van der Waals surface area contributed by atoms with Crippen LogP contribution < -0.4 is 4.74 Å². The smallest absolute Gasteiger partial charge is 0.118 e. The highest BCUT2D eigenvalue weighted by Crippen LogP contribution is 2.25. The van der Waals surface area contributed by atoms with Gasteiger partial charge in [0, 0.05) is 0 Å². The molecule has 0 unspecified atom stereocenters. The van der Waals surface area contributed by atoms with Gasteiger partial charge in [0.05, 0.1) is 20.3 Å². The molecule has 0 radical (unpaired) electrons. The van der Waals surface area contributed by atoms with Crippen molar-refractivity contribution in [3.8, 4) is 16.9 Å². The number of aliphatic hydroxyl groups excluding tert-OH is 2. The molecule has 0 aliphatic carbocycles. The number of rotatable bonds is 4. The summed E-state index contributed by atoms with van der Waals surface area (Å²) in [6.45, 7) is -0.126. The van der Waals surface area contributed by atoms with Crippen LogP contribution in [0, 0.1) is 0 Å². The van der Waals surface area contributed by atoms with Gasteiger partial charge in [0.15, 0.2) is 0 Å². The van der Waals surface area contributed by atoms with Gasteiger partial charge in [0.25, 0.3) is 0 Å². The van der Waals surface area contributed by atoms with Crippen LogP contribution in [0.5, 0.6) is 5.75 Å². The van der Waals surface area contributed by atoms with Crippen molar-refractivity contribution in [2.45, 2.75) is 13.2 Å². The SMILES string of the molecule is COc1ccc(-c2ccc(CO)c(CO)c2)cc1. The van der Waals surface area contributed by atoms with Crippen LogP contribution in [0.15, 0.2) is 42.5 Å². The van der Waals surface area contributed by atoms with E-state index in [1.165, 1.54) is 0 Å². The lowest BCUT2D eigenvalue weighted by Crippen LogP contribution is -1.94. The normalized spacial score (nSPS) is 10.4. The minimum absolute atomic E-state index is 0.0568. The molecular formula is C15H16O3. The Kier molecular flexibility index (Phi) is 3.97. The molecule has 0 bridgehead atoms. The summed E-state index contributed by atoms with van der Waals surface area (Å²) in [7, 11) is 1.63. The summed E-state index contributed by atoms with van der Waals surface area (Å²) < 4.78 is 5.11. The van der Waals surface area contributed by atoms with Crippen molar-refractivity contribution < 1.29 is 14.9 Å². The first kappa shape index (κ1) is 12.6. The summed E-state index contributed by atoms with van der Waals surface area (Å²) >= 11 is 0. The second-order valence-electron chi connectivity index (χ2n) is 4.03. The molecule has 0 saturated carbocycles. The molecule has 18 heavy (non-hydrogen) atoms. The number of methoxy groups -OCH3 is 1. The van der Waals surface area contributed by atoms with Crippen LogP contribution in [0.4, 0.5) is 0 Å². The average molecular weight is 244 g/mol. The standard InChI is InChI=1S/C15H16O3/c1-18-15-6-4-11(5-7-15)12-2-3-13(9-16)14(8-12)10-17/h2-8,16-17H,9-10H2,1H3. The average Bonchev–Trinajstić information content (AvgIpc) is 2.46. The van der Waals surface area contributed by atoms with E-state index < -0.39 is 0 Å². The molecule has 0 aromatic heterocycles. The van der Waals surface area contributed by atoms with Crippen molar-refractivity contribution >= 4 is 0 Å². The molecule has 0 aliphatic heterocycles. The van der Waals surface area contributed by atoms with Crippen molar-refractivity contribution in [2.75, 3.05) is 7.11 Å². The Bertz CT molecular complexity index is 518. The van der Waals surface area contributed by atoms with Crippen LogP contribution in [0.1, 0.15) is 11.1 Å². The fourth-order valence-electron chi connectivity index (χ4n) is 1.89. The van der Waals surface area contributed by atoms with E-state index in [1.807, 2.05) is 42.5 Å². The van der Waals surface area contributed by atoms with Crippen molar-refractivity contribution in [2.24, 2.45) is 0 Å². The van der Waals surface area contributed by atoms with Crippen molar-refractivity contribution in [3.05, 3.63) is 53.6 Å². The largest absolute Gasteiger partial charge is 0.497 e. The second-order valence-corrected chi connectivity index (χ2v) is 4.03. The van der Waals surface area contributed by atoms with Gasteiger partial charge in [-0.1, -0.05) is 24.3 Å². The van der Waals surface area contributed by atoms with Crippen LogP contribution in [0.2, 0.25) is 0 Å². The first-order chi connectivity index (χ1) is 8.78. The molecule has 0 saturated heterocycles. The molecule has 0 amide bonds. The maximum Gasteiger partial charge on any atom is 0.118 e. The van der Waals surface area contributed by atoms with Crippen molar-refractivity contribution in [1.82, 2.24) is 0 Å². The monoisotopic (exact) mass is 244 g/mol. The number of benzene rings is 2. The molecule has 2 rings (SSSR count). The predicted molar refractivity (Wildman–Crippen MR) is 70.3 cm³/mol. The Labute approximate surface area is 106 Å². The zero-order valence-electron chi connectivity index (χ0n) is 10.3. The molecule has 2 N–H and O–H groups in total. The van der Waals surface area contributed by atoms with Gasteiger partial charge in [0.2, 0.25) is 0 Å². The van der Waals surface area contributed by atoms with Crippen molar-refractivity contribution in [3.63, 3.8) is 0 Å². The van der Waals surface area contributed by atoms with Gasteiger partial charge in [-0.25, -0.2) is 0 Å². The molecular weight excluding hydrogens is 228 g/mol. The highest BCUT2D eigenvalue weighted by atomic mass is 16.5. The summed E-state index contributed by atoms with van der Waals surface area (Å²) in [5, 5.41) is 18.4. The highest BCUT2D eigenvalue weighted by molar-refractivity contribution is 5.65. The Morgan fingerprint density at radius 1 is 0.833 bits per heavy atom. The molecule has 3 heteroatoms. The third-order valence-electron chi connectivity index (χ3n) is 2.97. The fourth-order valence-corrected chi connectivity index (χ4v) is 1.89. The Balaban J connectivity index is 2.37. The minimum Gasteiger partial charge on any atom is -0.497 e. The zero-order chi connectivity index (χ0) is 13.0. The Hall–Kier alpha value is -1.84. The number of hydrogen-bond donors (Lipinski definition) is 2. The quantitative estimate of drug-likeness (QED) is 0.868. The van der Waals surface area contributed by atoms with Crippen LogP contribution in [0.25, 0.3) is 11.1 Å². The van der Waals surface area contributed by atoms with Gasteiger partial charge in [0.1, 0.15) is 5.75 Å². The van der Waals surface area contributed by atoms with Gasteiger partial charge in [-0.2, -0.15) is 0 Å². The maximum atomic E-state index is 9.27. The molecule has 0 atom stereocenters. The van der Waals surface area contributed by atoms with E-state index in [0.717, 1.165) is 28.0 Å². The van der Waals surface area contributed by atoms with Crippen LogP contribution in [-0.4, -0.2) is 17.3 Å². The molecule has 0 spiro atoms. The predicted octanol–water partition coefficient (Wildman–Crippen LogP) is 2.35. The van der Waals surface area contributed by atoms with Crippen molar-refractivity contribution in [1.29, 1.82) is 0 Å². The van der Waals surface area contributed by atoms with E-state index in [-0.39, 0.29) is 13.2 Å². The van der Waals surface area contributed by atoms with Gasteiger partial charge < -0.3 is 14.9 Å². The minimum atomic E-state index is -0.0696. The van der Waals surface area contributed by atoms with Gasteiger partial charge in [-0.3, -0.25) is 0 Å². The second kappa shape index (κ2) is 5.67. The topological polar surface area (TPSA) is 49.7 Å².